The second kappa shape index (κ2) is 9.52. The van der Waals surface area contributed by atoms with E-state index < -0.39 is 10.0 Å². The van der Waals surface area contributed by atoms with Gasteiger partial charge in [0.05, 0.1) is 9.70 Å². The molecule has 3 rings (SSSR count). The number of hydrogen-bond donors (Lipinski definition) is 1. The Labute approximate surface area is 179 Å². The molecule has 8 heteroatoms. The predicted octanol–water partition coefficient (Wildman–Crippen LogP) is 4.05. The Morgan fingerprint density at radius 1 is 1.29 bits per heavy atom. The fraction of sp³-hybridized carbons (Fsp3) is 0.450. The Balaban J connectivity index is 1.55. The number of nitrogens with zero attached hydrogens (tertiary/aromatic N) is 1. The maximum atomic E-state index is 12.8. The van der Waals surface area contributed by atoms with E-state index in [1.165, 1.54) is 21.2 Å². The number of thiophene rings is 1. The van der Waals surface area contributed by atoms with Crippen molar-refractivity contribution in [3.05, 3.63) is 51.8 Å². The van der Waals surface area contributed by atoms with E-state index >= 15 is 0 Å². The SMILES string of the molecule is CC(CCc1ccccc1)NC(=O)C1CCCN(S(=O)(=O)c2ccc(Br)s2)C1. The molecule has 1 N–H and O–H groups in total. The first-order chi connectivity index (χ1) is 13.4. The van der Waals surface area contributed by atoms with Crippen molar-refractivity contribution in [3.8, 4) is 0 Å². The van der Waals surface area contributed by atoms with Crippen molar-refractivity contribution in [2.75, 3.05) is 13.1 Å². The number of nitrogens with one attached hydrogen (secondary N) is 1. The summed E-state index contributed by atoms with van der Waals surface area (Å²) in [6.07, 6.45) is 3.17. The van der Waals surface area contributed by atoms with E-state index in [0.717, 1.165) is 23.0 Å². The van der Waals surface area contributed by atoms with Crippen LogP contribution in [0.4, 0.5) is 0 Å². The summed E-state index contributed by atoms with van der Waals surface area (Å²) in [4.78, 5) is 12.7. The van der Waals surface area contributed by atoms with E-state index in [1.807, 2.05) is 25.1 Å². The summed E-state index contributed by atoms with van der Waals surface area (Å²) in [6, 6.07) is 13.6. The van der Waals surface area contributed by atoms with Gasteiger partial charge in [-0.2, -0.15) is 4.31 Å². The summed E-state index contributed by atoms with van der Waals surface area (Å²) in [6.45, 7) is 2.71. The summed E-state index contributed by atoms with van der Waals surface area (Å²) < 4.78 is 28.2. The van der Waals surface area contributed by atoms with E-state index in [9.17, 15) is 13.2 Å². The molecule has 0 saturated carbocycles. The first-order valence-electron chi connectivity index (χ1n) is 9.46. The second-order valence-corrected chi connectivity index (χ2v) is 11.8. The second-order valence-electron chi connectivity index (χ2n) is 7.19. The molecule has 2 atom stereocenters. The Morgan fingerprint density at radius 2 is 2.04 bits per heavy atom. The summed E-state index contributed by atoms with van der Waals surface area (Å²) in [7, 11) is -3.54. The highest BCUT2D eigenvalue weighted by molar-refractivity contribution is 9.11. The van der Waals surface area contributed by atoms with Crippen molar-refractivity contribution in [1.82, 2.24) is 9.62 Å². The summed E-state index contributed by atoms with van der Waals surface area (Å²) >= 11 is 4.51. The lowest BCUT2D eigenvalue weighted by atomic mass is 9.98. The van der Waals surface area contributed by atoms with Gasteiger partial charge in [-0.05, 0) is 66.2 Å². The first-order valence-corrected chi connectivity index (χ1v) is 12.5. The van der Waals surface area contributed by atoms with E-state index in [2.05, 4.69) is 33.4 Å². The highest BCUT2D eigenvalue weighted by Gasteiger charge is 2.34. The van der Waals surface area contributed by atoms with Crippen LogP contribution in [-0.2, 0) is 21.2 Å². The van der Waals surface area contributed by atoms with Crippen LogP contribution < -0.4 is 5.32 Å². The van der Waals surface area contributed by atoms with Crippen molar-refractivity contribution in [3.63, 3.8) is 0 Å². The molecule has 2 unspecified atom stereocenters. The number of carbonyl (C=O) groups is 1. The largest absolute Gasteiger partial charge is 0.353 e. The van der Waals surface area contributed by atoms with Crippen LogP contribution in [0.5, 0.6) is 0 Å². The van der Waals surface area contributed by atoms with Gasteiger partial charge < -0.3 is 5.32 Å². The number of carbonyl (C=O) groups excluding carboxylic acids is 1. The lowest BCUT2D eigenvalue weighted by molar-refractivity contribution is -0.126. The fourth-order valence-electron chi connectivity index (χ4n) is 3.40. The molecule has 1 aromatic carbocycles. The Kier molecular flexibility index (Phi) is 7.31. The van der Waals surface area contributed by atoms with Gasteiger partial charge in [-0.25, -0.2) is 8.42 Å². The summed E-state index contributed by atoms with van der Waals surface area (Å²) in [5.74, 6) is -0.348. The number of benzene rings is 1. The van der Waals surface area contributed by atoms with Gasteiger partial charge in [0.15, 0.2) is 0 Å². The van der Waals surface area contributed by atoms with Crippen molar-refractivity contribution in [2.24, 2.45) is 5.92 Å². The van der Waals surface area contributed by atoms with Gasteiger partial charge in [0.1, 0.15) is 4.21 Å². The Morgan fingerprint density at radius 3 is 2.71 bits per heavy atom. The number of piperidine rings is 1. The molecule has 2 aromatic rings. The molecule has 152 valence electrons. The molecule has 0 radical (unpaired) electrons. The molecular weight excluding hydrogens is 460 g/mol. The van der Waals surface area contributed by atoms with Gasteiger partial charge in [-0.3, -0.25) is 4.79 Å². The monoisotopic (exact) mass is 484 g/mol. The quantitative estimate of drug-likeness (QED) is 0.644. The minimum atomic E-state index is -3.54. The highest BCUT2D eigenvalue weighted by Crippen LogP contribution is 2.30. The third-order valence-corrected chi connectivity index (χ3v) is 8.95. The molecule has 1 aliphatic rings. The third-order valence-electron chi connectivity index (χ3n) is 5.00. The maximum absolute atomic E-state index is 12.8. The fourth-order valence-corrected chi connectivity index (χ4v) is 7.09. The molecule has 1 saturated heterocycles. The minimum absolute atomic E-state index is 0.0483. The number of hydrogen-bond acceptors (Lipinski definition) is 4. The van der Waals surface area contributed by atoms with Gasteiger partial charge in [0, 0.05) is 19.1 Å². The predicted molar refractivity (Wildman–Crippen MR) is 116 cm³/mol. The van der Waals surface area contributed by atoms with E-state index in [1.54, 1.807) is 12.1 Å². The van der Waals surface area contributed by atoms with Crippen LogP contribution in [-0.4, -0.2) is 37.8 Å². The zero-order valence-corrected chi connectivity index (χ0v) is 19.0. The van der Waals surface area contributed by atoms with Gasteiger partial charge in [-0.15, -0.1) is 11.3 Å². The molecule has 2 heterocycles. The summed E-state index contributed by atoms with van der Waals surface area (Å²) in [5, 5.41) is 3.07. The Hall–Kier alpha value is -1.22. The minimum Gasteiger partial charge on any atom is -0.353 e. The van der Waals surface area contributed by atoms with Gasteiger partial charge in [0.25, 0.3) is 10.0 Å². The molecule has 1 fully saturated rings. The van der Waals surface area contributed by atoms with Gasteiger partial charge >= 0.3 is 0 Å². The molecule has 1 aliphatic heterocycles. The van der Waals surface area contributed by atoms with Crippen molar-refractivity contribution < 1.29 is 13.2 Å². The van der Waals surface area contributed by atoms with E-state index in [4.69, 9.17) is 0 Å². The van der Waals surface area contributed by atoms with Crippen molar-refractivity contribution in [1.29, 1.82) is 0 Å². The van der Waals surface area contributed by atoms with Crippen molar-refractivity contribution >= 4 is 43.2 Å². The molecule has 0 aliphatic carbocycles. The van der Waals surface area contributed by atoms with Crippen LogP contribution in [0.3, 0.4) is 0 Å². The number of halogens is 1. The standard InChI is InChI=1S/C20H25BrN2O3S2/c1-15(9-10-16-6-3-2-4-7-16)22-20(24)17-8-5-13-23(14-17)28(25,26)19-12-11-18(21)27-19/h2-4,6-7,11-12,15,17H,5,8-10,13-14H2,1H3,(H,22,24). The van der Waals surface area contributed by atoms with Crippen LogP contribution in [0.15, 0.2) is 50.5 Å². The molecule has 0 bridgehead atoms. The molecule has 5 nitrogen and oxygen atoms in total. The number of sulfonamides is 1. The zero-order valence-electron chi connectivity index (χ0n) is 15.8. The topological polar surface area (TPSA) is 66.5 Å². The number of rotatable bonds is 7. The maximum Gasteiger partial charge on any atom is 0.252 e. The van der Waals surface area contributed by atoms with Crippen LogP contribution in [0.25, 0.3) is 0 Å². The van der Waals surface area contributed by atoms with Gasteiger partial charge in [-0.1, -0.05) is 30.3 Å². The van der Waals surface area contributed by atoms with E-state index in [0.29, 0.717) is 17.2 Å². The van der Waals surface area contributed by atoms with Gasteiger partial charge in [0.2, 0.25) is 5.91 Å². The smallest absolute Gasteiger partial charge is 0.252 e. The number of aryl methyl sites for hydroxylation is 1. The molecule has 28 heavy (non-hydrogen) atoms. The lowest BCUT2D eigenvalue weighted by Gasteiger charge is -2.31. The third kappa shape index (κ3) is 5.43. The average Bonchev–Trinajstić information content (AvgIpc) is 3.14. The lowest BCUT2D eigenvalue weighted by Crippen LogP contribution is -2.47. The van der Waals surface area contributed by atoms with Crippen LogP contribution in [0.1, 0.15) is 31.7 Å². The molecular formula is C20H25BrN2O3S2. The highest BCUT2D eigenvalue weighted by atomic mass is 79.9. The van der Waals surface area contributed by atoms with Crippen LogP contribution >= 0.6 is 27.3 Å². The molecule has 1 aromatic heterocycles. The Bertz CT molecular complexity index is 899. The molecule has 0 spiro atoms. The molecule has 1 amide bonds. The first kappa shape index (κ1) is 21.5. The van der Waals surface area contributed by atoms with Crippen molar-refractivity contribution in [2.45, 2.75) is 42.9 Å². The van der Waals surface area contributed by atoms with Crippen LogP contribution in [0, 0.1) is 5.92 Å². The van der Waals surface area contributed by atoms with E-state index in [-0.39, 0.29) is 24.4 Å². The normalized spacial score (nSPS) is 19.3. The van der Waals surface area contributed by atoms with Crippen LogP contribution in [0.2, 0.25) is 0 Å². The average molecular weight is 485 g/mol. The zero-order chi connectivity index (χ0) is 20.1. The number of amides is 1. The summed E-state index contributed by atoms with van der Waals surface area (Å²) in [5.41, 5.74) is 1.25.